The summed E-state index contributed by atoms with van der Waals surface area (Å²) in [7, 11) is 0. The predicted octanol–water partition coefficient (Wildman–Crippen LogP) is 3.29. The minimum Gasteiger partial charge on any atom is -0.406 e. The normalized spacial score (nSPS) is 11.9. The van der Waals surface area contributed by atoms with Crippen LogP contribution in [0.5, 0.6) is 5.75 Å². The van der Waals surface area contributed by atoms with Crippen LogP contribution >= 0.6 is 0 Å². The monoisotopic (exact) mass is 219 g/mol. The maximum atomic E-state index is 11.9. The number of ether oxygens (including phenoxy) is 1. The SMILES string of the molecule is CC(C)c1ccc(OC(F)(F)F)cc1N. The fourth-order valence-electron chi connectivity index (χ4n) is 1.28. The molecule has 1 aromatic rings. The van der Waals surface area contributed by atoms with E-state index in [0.717, 1.165) is 5.56 Å². The summed E-state index contributed by atoms with van der Waals surface area (Å²) >= 11 is 0. The van der Waals surface area contributed by atoms with E-state index in [9.17, 15) is 13.2 Å². The van der Waals surface area contributed by atoms with Gasteiger partial charge in [-0.3, -0.25) is 0 Å². The maximum Gasteiger partial charge on any atom is 0.573 e. The van der Waals surface area contributed by atoms with Crippen LogP contribution in [0.3, 0.4) is 0 Å². The molecule has 0 bridgehead atoms. The fourth-order valence-corrected chi connectivity index (χ4v) is 1.28. The van der Waals surface area contributed by atoms with Gasteiger partial charge in [0.25, 0.3) is 0 Å². The Balaban J connectivity index is 2.92. The molecule has 84 valence electrons. The van der Waals surface area contributed by atoms with Gasteiger partial charge in [-0.15, -0.1) is 13.2 Å². The van der Waals surface area contributed by atoms with Gasteiger partial charge < -0.3 is 10.5 Å². The molecule has 0 radical (unpaired) electrons. The van der Waals surface area contributed by atoms with Gasteiger partial charge in [-0.05, 0) is 17.5 Å². The molecule has 0 aliphatic rings. The van der Waals surface area contributed by atoms with Crippen LogP contribution in [0.4, 0.5) is 18.9 Å². The van der Waals surface area contributed by atoms with Gasteiger partial charge in [0.05, 0.1) is 0 Å². The van der Waals surface area contributed by atoms with Crippen molar-refractivity contribution in [2.45, 2.75) is 26.1 Å². The van der Waals surface area contributed by atoms with Crippen molar-refractivity contribution in [3.05, 3.63) is 23.8 Å². The number of benzene rings is 1. The Hall–Kier alpha value is -1.39. The molecule has 0 aromatic heterocycles. The number of anilines is 1. The number of alkyl halides is 3. The number of hydrogen-bond acceptors (Lipinski definition) is 2. The lowest BCUT2D eigenvalue weighted by molar-refractivity contribution is -0.274. The van der Waals surface area contributed by atoms with Crippen LogP contribution in [-0.2, 0) is 0 Å². The van der Waals surface area contributed by atoms with Crippen molar-refractivity contribution >= 4 is 5.69 Å². The van der Waals surface area contributed by atoms with Crippen LogP contribution in [0.1, 0.15) is 25.3 Å². The van der Waals surface area contributed by atoms with Crippen LogP contribution in [0.2, 0.25) is 0 Å². The highest BCUT2D eigenvalue weighted by atomic mass is 19.4. The Morgan fingerprint density at radius 1 is 1.27 bits per heavy atom. The molecule has 1 aromatic carbocycles. The van der Waals surface area contributed by atoms with E-state index in [2.05, 4.69) is 4.74 Å². The molecule has 0 saturated carbocycles. The second kappa shape index (κ2) is 4.00. The van der Waals surface area contributed by atoms with Gasteiger partial charge in [-0.2, -0.15) is 0 Å². The standard InChI is InChI=1S/C10H12F3NO/c1-6(2)8-4-3-7(5-9(8)14)15-10(11,12)13/h3-6H,14H2,1-2H3. The van der Waals surface area contributed by atoms with Gasteiger partial charge in [0.2, 0.25) is 0 Å². The van der Waals surface area contributed by atoms with Crippen LogP contribution in [0.25, 0.3) is 0 Å². The molecule has 5 heteroatoms. The molecule has 1 rings (SSSR count). The third-order valence-corrected chi connectivity index (χ3v) is 1.91. The summed E-state index contributed by atoms with van der Waals surface area (Å²) in [4.78, 5) is 0. The van der Waals surface area contributed by atoms with Crippen molar-refractivity contribution in [2.24, 2.45) is 0 Å². The second-order valence-electron chi connectivity index (χ2n) is 3.49. The van der Waals surface area contributed by atoms with Crippen molar-refractivity contribution in [3.8, 4) is 5.75 Å². The molecule has 2 nitrogen and oxygen atoms in total. The average molecular weight is 219 g/mol. The lowest BCUT2D eigenvalue weighted by atomic mass is 10.0. The first-order chi connectivity index (χ1) is 6.79. The van der Waals surface area contributed by atoms with Crippen LogP contribution in [0, 0.1) is 0 Å². The molecular weight excluding hydrogens is 207 g/mol. The van der Waals surface area contributed by atoms with E-state index in [-0.39, 0.29) is 11.7 Å². The van der Waals surface area contributed by atoms with E-state index in [1.807, 2.05) is 13.8 Å². The molecule has 0 unspecified atom stereocenters. The molecule has 0 aliphatic heterocycles. The van der Waals surface area contributed by atoms with Gasteiger partial charge in [0.1, 0.15) is 5.75 Å². The van der Waals surface area contributed by atoms with E-state index in [1.165, 1.54) is 12.1 Å². The number of rotatable bonds is 2. The van der Waals surface area contributed by atoms with Crippen LogP contribution < -0.4 is 10.5 Å². The topological polar surface area (TPSA) is 35.2 Å². The average Bonchev–Trinajstić information content (AvgIpc) is 1.99. The smallest absolute Gasteiger partial charge is 0.406 e. The highest BCUT2D eigenvalue weighted by Crippen LogP contribution is 2.29. The van der Waals surface area contributed by atoms with Crippen molar-refractivity contribution in [3.63, 3.8) is 0 Å². The number of hydrogen-bond donors (Lipinski definition) is 1. The summed E-state index contributed by atoms with van der Waals surface area (Å²) in [6.07, 6.45) is -4.67. The number of halogens is 3. The fraction of sp³-hybridized carbons (Fsp3) is 0.400. The highest BCUT2D eigenvalue weighted by molar-refractivity contribution is 5.52. The van der Waals surface area contributed by atoms with E-state index in [0.29, 0.717) is 5.69 Å². The molecule has 0 fully saturated rings. The van der Waals surface area contributed by atoms with Crippen LogP contribution in [0.15, 0.2) is 18.2 Å². The minimum absolute atomic E-state index is 0.171. The zero-order valence-electron chi connectivity index (χ0n) is 8.43. The highest BCUT2D eigenvalue weighted by Gasteiger charge is 2.31. The maximum absolute atomic E-state index is 11.9. The minimum atomic E-state index is -4.67. The lowest BCUT2D eigenvalue weighted by Gasteiger charge is -2.13. The Kier molecular flexibility index (Phi) is 3.12. The first-order valence-corrected chi connectivity index (χ1v) is 4.45. The Morgan fingerprint density at radius 2 is 1.87 bits per heavy atom. The third-order valence-electron chi connectivity index (χ3n) is 1.91. The van der Waals surface area contributed by atoms with Crippen molar-refractivity contribution in [2.75, 3.05) is 5.73 Å². The largest absolute Gasteiger partial charge is 0.573 e. The first-order valence-electron chi connectivity index (χ1n) is 4.45. The number of nitrogen functional groups attached to an aromatic ring is 1. The first kappa shape index (κ1) is 11.7. The summed E-state index contributed by atoms with van der Waals surface area (Å²) in [5.74, 6) is -0.116. The predicted molar refractivity (Wildman–Crippen MR) is 51.6 cm³/mol. The molecule has 2 N–H and O–H groups in total. The second-order valence-corrected chi connectivity index (χ2v) is 3.49. The molecule has 0 heterocycles. The summed E-state index contributed by atoms with van der Waals surface area (Å²) in [6.45, 7) is 3.83. The van der Waals surface area contributed by atoms with Gasteiger partial charge in [0, 0.05) is 11.8 Å². The van der Waals surface area contributed by atoms with E-state index in [1.54, 1.807) is 6.07 Å². The lowest BCUT2D eigenvalue weighted by Crippen LogP contribution is -2.17. The quantitative estimate of drug-likeness (QED) is 0.774. The van der Waals surface area contributed by atoms with E-state index in [4.69, 9.17) is 5.73 Å². The molecule has 0 saturated heterocycles. The molecule has 0 spiro atoms. The van der Waals surface area contributed by atoms with Crippen molar-refractivity contribution in [1.29, 1.82) is 0 Å². The Bertz CT molecular complexity index is 347. The van der Waals surface area contributed by atoms with E-state index < -0.39 is 6.36 Å². The number of nitrogens with two attached hydrogens (primary N) is 1. The van der Waals surface area contributed by atoms with Gasteiger partial charge in [0.15, 0.2) is 0 Å². The van der Waals surface area contributed by atoms with Gasteiger partial charge in [-0.25, -0.2) is 0 Å². The molecule has 0 atom stereocenters. The van der Waals surface area contributed by atoms with Gasteiger partial charge in [-0.1, -0.05) is 19.9 Å². The molecule has 15 heavy (non-hydrogen) atoms. The van der Waals surface area contributed by atoms with E-state index >= 15 is 0 Å². The summed E-state index contributed by atoms with van der Waals surface area (Å²) in [5.41, 5.74) is 6.72. The summed E-state index contributed by atoms with van der Waals surface area (Å²) in [6, 6.07) is 3.99. The third kappa shape index (κ3) is 3.34. The Labute approximate surface area is 85.8 Å². The van der Waals surface area contributed by atoms with Crippen molar-refractivity contribution < 1.29 is 17.9 Å². The van der Waals surface area contributed by atoms with Gasteiger partial charge >= 0.3 is 6.36 Å². The Morgan fingerprint density at radius 3 is 2.27 bits per heavy atom. The zero-order valence-corrected chi connectivity index (χ0v) is 8.43. The molecule has 0 amide bonds. The summed E-state index contributed by atoms with van der Waals surface area (Å²) < 4.78 is 39.3. The summed E-state index contributed by atoms with van der Waals surface area (Å²) in [5, 5.41) is 0. The van der Waals surface area contributed by atoms with Crippen LogP contribution in [-0.4, -0.2) is 6.36 Å². The molecule has 0 aliphatic carbocycles. The molecular formula is C10H12F3NO. The zero-order chi connectivity index (χ0) is 11.6. The van der Waals surface area contributed by atoms with Crippen molar-refractivity contribution in [1.82, 2.24) is 0 Å².